The molecule has 130 valence electrons. The van der Waals surface area contributed by atoms with Crippen LogP contribution in [0.3, 0.4) is 0 Å². The predicted molar refractivity (Wildman–Crippen MR) is 87.3 cm³/mol. The van der Waals surface area contributed by atoms with Crippen LogP contribution in [0.15, 0.2) is 10.9 Å². The van der Waals surface area contributed by atoms with E-state index in [9.17, 15) is 19.2 Å². The van der Waals surface area contributed by atoms with Gasteiger partial charge in [-0.25, -0.2) is 0 Å². The number of aromatic nitrogens is 1. The van der Waals surface area contributed by atoms with Gasteiger partial charge < -0.3 is 15.0 Å². The summed E-state index contributed by atoms with van der Waals surface area (Å²) in [5.74, 6) is -1.97. The minimum atomic E-state index is -1.16. The monoisotopic (exact) mass is 334 g/mol. The molecule has 1 aromatic rings. The highest BCUT2D eigenvalue weighted by Crippen LogP contribution is 2.33. The van der Waals surface area contributed by atoms with E-state index >= 15 is 0 Å². The molecule has 0 spiro atoms. The van der Waals surface area contributed by atoms with E-state index in [1.54, 1.807) is 13.8 Å². The van der Waals surface area contributed by atoms with Crippen molar-refractivity contribution < 1.29 is 19.5 Å². The molecule has 1 amide bonds. The number of ketones is 1. The van der Waals surface area contributed by atoms with Gasteiger partial charge in [-0.2, -0.15) is 0 Å². The summed E-state index contributed by atoms with van der Waals surface area (Å²) in [6.07, 6.45) is 0.878. The SMILES string of the molecule is CC(C)N(CC(=O)O)C(=O)c1cc2c([nH]c1=O)CC(C)(C)CC2=O. The van der Waals surface area contributed by atoms with E-state index in [1.807, 2.05) is 13.8 Å². The number of nitrogens with one attached hydrogen (secondary N) is 1. The Bertz CT molecular complexity index is 761. The van der Waals surface area contributed by atoms with Gasteiger partial charge in [0.1, 0.15) is 12.1 Å². The van der Waals surface area contributed by atoms with Crippen molar-refractivity contribution in [3.63, 3.8) is 0 Å². The molecule has 0 fully saturated rings. The number of aliphatic carboxylic acids is 1. The second-order valence-electron chi connectivity index (χ2n) is 7.27. The number of carbonyl (C=O) groups excluding carboxylic acids is 2. The molecule has 1 heterocycles. The summed E-state index contributed by atoms with van der Waals surface area (Å²) < 4.78 is 0. The number of H-pyrrole nitrogens is 1. The summed E-state index contributed by atoms with van der Waals surface area (Å²) in [4.78, 5) is 51.9. The molecule has 0 radical (unpaired) electrons. The van der Waals surface area contributed by atoms with Crippen LogP contribution in [0.4, 0.5) is 0 Å². The third-order valence-corrected chi connectivity index (χ3v) is 4.14. The van der Waals surface area contributed by atoms with Crippen LogP contribution in [-0.4, -0.2) is 45.2 Å². The van der Waals surface area contributed by atoms with E-state index in [2.05, 4.69) is 4.98 Å². The number of fused-ring (bicyclic) bond motifs is 1. The lowest BCUT2D eigenvalue weighted by Gasteiger charge is -2.30. The Morgan fingerprint density at radius 2 is 1.92 bits per heavy atom. The molecule has 0 saturated carbocycles. The maximum Gasteiger partial charge on any atom is 0.323 e. The molecule has 0 aromatic carbocycles. The number of aromatic amines is 1. The van der Waals surface area contributed by atoms with Gasteiger partial charge in [0.15, 0.2) is 5.78 Å². The number of Topliss-reactive ketones (excluding diaryl/α,β-unsaturated/α-hetero) is 1. The van der Waals surface area contributed by atoms with Gasteiger partial charge >= 0.3 is 5.97 Å². The van der Waals surface area contributed by atoms with Crippen molar-refractivity contribution in [2.45, 2.75) is 46.6 Å². The maximum absolute atomic E-state index is 12.6. The molecule has 0 aliphatic heterocycles. The Balaban J connectivity index is 2.47. The molecule has 7 nitrogen and oxygen atoms in total. The van der Waals surface area contributed by atoms with Crippen LogP contribution in [0.1, 0.15) is 60.5 Å². The van der Waals surface area contributed by atoms with Gasteiger partial charge in [-0.3, -0.25) is 19.2 Å². The van der Waals surface area contributed by atoms with Crippen molar-refractivity contribution in [3.05, 3.63) is 33.2 Å². The Labute approximate surface area is 139 Å². The van der Waals surface area contributed by atoms with Crippen LogP contribution in [0.2, 0.25) is 0 Å². The van der Waals surface area contributed by atoms with E-state index in [4.69, 9.17) is 5.11 Å². The third kappa shape index (κ3) is 3.55. The Morgan fingerprint density at radius 1 is 1.29 bits per heavy atom. The number of carbonyl (C=O) groups is 3. The first-order valence-electron chi connectivity index (χ1n) is 7.84. The normalized spacial score (nSPS) is 16.0. The number of carboxylic acid groups (broad SMARTS) is 1. The van der Waals surface area contributed by atoms with Crippen LogP contribution >= 0.6 is 0 Å². The van der Waals surface area contributed by atoms with Crippen molar-refractivity contribution in [3.8, 4) is 0 Å². The Morgan fingerprint density at radius 3 is 2.46 bits per heavy atom. The van der Waals surface area contributed by atoms with E-state index in [0.29, 0.717) is 24.1 Å². The zero-order valence-electron chi connectivity index (χ0n) is 14.3. The summed E-state index contributed by atoms with van der Waals surface area (Å²) in [7, 11) is 0. The van der Waals surface area contributed by atoms with Crippen LogP contribution in [-0.2, 0) is 11.2 Å². The van der Waals surface area contributed by atoms with Crippen LogP contribution in [0.5, 0.6) is 0 Å². The minimum absolute atomic E-state index is 0.124. The summed E-state index contributed by atoms with van der Waals surface area (Å²) in [6.45, 7) is 6.72. The molecular weight excluding hydrogens is 312 g/mol. The van der Waals surface area contributed by atoms with Gasteiger partial charge in [0.25, 0.3) is 11.5 Å². The average molecular weight is 334 g/mol. The van der Waals surface area contributed by atoms with Gasteiger partial charge in [0.05, 0.1) is 0 Å². The standard InChI is InChI=1S/C17H22N2O5/c1-9(2)19(8-14(21)22)16(24)11-5-10-12(18-15(11)23)6-17(3,4)7-13(10)20/h5,9H,6-8H2,1-4H3,(H,18,23)(H,21,22). The number of hydrogen-bond donors (Lipinski definition) is 2. The second-order valence-corrected chi connectivity index (χ2v) is 7.27. The van der Waals surface area contributed by atoms with E-state index in [1.165, 1.54) is 6.07 Å². The number of nitrogens with zero attached hydrogens (tertiary/aromatic N) is 1. The highest BCUT2D eigenvalue weighted by molar-refractivity contribution is 6.02. The number of carboxylic acids is 1. The van der Waals surface area contributed by atoms with Crippen LogP contribution in [0, 0.1) is 5.41 Å². The lowest BCUT2D eigenvalue weighted by atomic mass is 9.75. The van der Waals surface area contributed by atoms with Crippen molar-refractivity contribution in [1.29, 1.82) is 0 Å². The van der Waals surface area contributed by atoms with Crippen molar-refractivity contribution in [1.82, 2.24) is 9.88 Å². The van der Waals surface area contributed by atoms with Gasteiger partial charge in [0, 0.05) is 23.7 Å². The topological polar surface area (TPSA) is 108 Å². The zero-order valence-corrected chi connectivity index (χ0v) is 14.3. The first-order valence-corrected chi connectivity index (χ1v) is 7.84. The highest BCUT2D eigenvalue weighted by Gasteiger charge is 2.33. The van der Waals surface area contributed by atoms with Crippen LogP contribution in [0.25, 0.3) is 0 Å². The third-order valence-electron chi connectivity index (χ3n) is 4.14. The van der Waals surface area contributed by atoms with Gasteiger partial charge in [-0.15, -0.1) is 0 Å². The molecule has 24 heavy (non-hydrogen) atoms. The lowest BCUT2D eigenvalue weighted by Crippen LogP contribution is -2.43. The fraction of sp³-hybridized carbons (Fsp3) is 0.529. The molecule has 0 bridgehead atoms. The number of pyridine rings is 1. The van der Waals surface area contributed by atoms with E-state index in [-0.39, 0.29) is 16.8 Å². The van der Waals surface area contributed by atoms with Crippen molar-refractivity contribution in [2.24, 2.45) is 5.41 Å². The fourth-order valence-electron chi connectivity index (χ4n) is 2.98. The van der Waals surface area contributed by atoms with E-state index < -0.39 is 30.0 Å². The maximum atomic E-state index is 12.6. The smallest absolute Gasteiger partial charge is 0.323 e. The zero-order chi connectivity index (χ0) is 18.2. The molecule has 7 heteroatoms. The highest BCUT2D eigenvalue weighted by atomic mass is 16.4. The molecule has 0 atom stereocenters. The molecule has 2 N–H and O–H groups in total. The number of amides is 1. The van der Waals surface area contributed by atoms with Crippen molar-refractivity contribution >= 4 is 17.7 Å². The summed E-state index contributed by atoms with van der Waals surface area (Å²) in [5.41, 5.74) is -0.160. The fourth-order valence-corrected chi connectivity index (χ4v) is 2.98. The number of hydrogen-bond acceptors (Lipinski definition) is 4. The molecule has 1 aliphatic carbocycles. The summed E-state index contributed by atoms with van der Waals surface area (Å²) >= 11 is 0. The predicted octanol–water partition coefficient (Wildman–Crippen LogP) is 1.47. The second kappa shape index (κ2) is 6.22. The summed E-state index contributed by atoms with van der Waals surface area (Å²) in [6, 6.07) is 0.921. The molecule has 0 unspecified atom stereocenters. The minimum Gasteiger partial charge on any atom is -0.480 e. The molecule has 1 aliphatic rings. The quantitative estimate of drug-likeness (QED) is 0.867. The molecule has 1 aromatic heterocycles. The first-order chi connectivity index (χ1) is 11.0. The van der Waals surface area contributed by atoms with Crippen molar-refractivity contribution in [2.75, 3.05) is 6.54 Å². The molecule has 0 saturated heterocycles. The van der Waals surface area contributed by atoms with Gasteiger partial charge in [-0.1, -0.05) is 13.8 Å². The largest absolute Gasteiger partial charge is 0.480 e. The Kier molecular flexibility index (Phi) is 4.64. The molecular formula is C17H22N2O5. The van der Waals surface area contributed by atoms with Crippen LogP contribution < -0.4 is 5.56 Å². The van der Waals surface area contributed by atoms with Gasteiger partial charge in [-0.05, 0) is 31.7 Å². The Hall–Kier alpha value is -2.44. The van der Waals surface area contributed by atoms with E-state index in [0.717, 1.165) is 4.90 Å². The summed E-state index contributed by atoms with van der Waals surface area (Å²) in [5, 5.41) is 8.96. The van der Waals surface area contributed by atoms with Gasteiger partial charge in [0.2, 0.25) is 0 Å². The number of rotatable bonds is 4. The molecule has 2 rings (SSSR count). The first kappa shape index (κ1) is 17.9. The lowest BCUT2D eigenvalue weighted by molar-refractivity contribution is -0.138. The average Bonchev–Trinajstić information content (AvgIpc) is 2.41.